The van der Waals surface area contributed by atoms with E-state index in [0.717, 1.165) is 23.1 Å². The Kier molecular flexibility index (Phi) is 8.90. The van der Waals surface area contributed by atoms with Gasteiger partial charge in [0.05, 0.1) is 6.04 Å². The average Bonchev–Trinajstić information content (AvgIpc) is 2.83. The minimum atomic E-state index is -0.841. The third-order valence-electron chi connectivity index (χ3n) is 5.92. The molecule has 0 radical (unpaired) electrons. The molecule has 0 fully saturated rings. The second-order valence-electron chi connectivity index (χ2n) is 8.87. The number of hydrogen-bond acceptors (Lipinski definition) is 6. The molecule has 0 aliphatic carbocycles. The molecule has 34 heavy (non-hydrogen) atoms. The number of amides is 2. The minimum Gasteiger partial charge on any atom is -0.445 e. The van der Waals surface area contributed by atoms with Crippen LogP contribution in [0.5, 0.6) is 0 Å². The number of fused-ring (bicyclic) bond motifs is 1. The van der Waals surface area contributed by atoms with E-state index >= 15 is 0 Å². The second kappa shape index (κ2) is 12.1. The van der Waals surface area contributed by atoms with Gasteiger partial charge >= 0.3 is 6.09 Å². The van der Waals surface area contributed by atoms with Crippen molar-refractivity contribution in [3.63, 3.8) is 0 Å². The highest BCUT2D eigenvalue weighted by atomic mass is 16.5. The Morgan fingerprint density at radius 3 is 2.65 bits per heavy atom. The number of nitrogens with zero attached hydrogens (tertiary/aromatic N) is 1. The summed E-state index contributed by atoms with van der Waals surface area (Å²) in [4.78, 5) is 55.0. The number of nitrogens with one attached hydrogen (secondary N) is 2. The second-order valence-corrected chi connectivity index (χ2v) is 8.87. The number of alkyl carbamates (subject to hydrolysis) is 1. The summed E-state index contributed by atoms with van der Waals surface area (Å²) in [7, 11) is 0. The molecule has 2 atom stereocenters. The fourth-order valence-electron chi connectivity index (χ4n) is 4.04. The van der Waals surface area contributed by atoms with Gasteiger partial charge in [-0.05, 0) is 47.9 Å². The van der Waals surface area contributed by atoms with E-state index in [4.69, 9.17) is 4.74 Å². The number of ether oxygens (including phenoxy) is 1. The van der Waals surface area contributed by atoms with Gasteiger partial charge in [0.2, 0.25) is 5.78 Å². The molecule has 0 saturated carbocycles. The number of carbonyl (C=O) groups excluding carboxylic acids is 4. The zero-order valence-corrected chi connectivity index (χ0v) is 19.6. The van der Waals surface area contributed by atoms with Crippen LogP contribution in [0.2, 0.25) is 0 Å². The molecule has 1 aliphatic heterocycles. The fourth-order valence-corrected chi connectivity index (χ4v) is 4.04. The number of hydrogen-bond donors (Lipinski definition) is 2. The summed E-state index contributed by atoms with van der Waals surface area (Å²) in [5.74, 6) is -2.66. The predicted octanol–water partition coefficient (Wildman–Crippen LogP) is 2.78. The van der Waals surface area contributed by atoms with Crippen molar-refractivity contribution in [1.82, 2.24) is 15.6 Å². The molecule has 3 rings (SSSR count). The van der Waals surface area contributed by atoms with Crippen LogP contribution in [0.4, 0.5) is 4.79 Å². The van der Waals surface area contributed by atoms with Gasteiger partial charge in [0.1, 0.15) is 6.61 Å². The molecular formula is C26H31N3O5. The predicted molar refractivity (Wildman–Crippen MR) is 126 cm³/mol. The van der Waals surface area contributed by atoms with E-state index in [9.17, 15) is 19.2 Å². The summed E-state index contributed by atoms with van der Waals surface area (Å²) >= 11 is 0. The number of carbonyl (C=O) groups is 4. The topological polar surface area (TPSA) is 114 Å². The van der Waals surface area contributed by atoms with Crippen molar-refractivity contribution in [2.75, 3.05) is 6.54 Å². The SMILES string of the molecule is CC(C)C(NC(=O)OCc1ccccc1)C(=O)CC1Cc2ccncc2CCCNC(=O)C1=O. The van der Waals surface area contributed by atoms with Crippen LogP contribution >= 0.6 is 0 Å². The first-order chi connectivity index (χ1) is 16.3. The lowest BCUT2D eigenvalue weighted by Gasteiger charge is -2.24. The van der Waals surface area contributed by atoms with Crippen molar-refractivity contribution < 1.29 is 23.9 Å². The van der Waals surface area contributed by atoms with Crippen molar-refractivity contribution >= 4 is 23.6 Å². The Hall–Kier alpha value is -3.55. The molecule has 2 N–H and O–H groups in total. The summed E-state index contributed by atoms with van der Waals surface area (Å²) < 4.78 is 5.26. The molecule has 0 saturated heterocycles. The van der Waals surface area contributed by atoms with Gasteiger partial charge < -0.3 is 15.4 Å². The van der Waals surface area contributed by atoms with Crippen molar-refractivity contribution in [3.05, 3.63) is 65.5 Å². The van der Waals surface area contributed by atoms with Crippen LogP contribution in [-0.4, -0.2) is 41.1 Å². The summed E-state index contributed by atoms with van der Waals surface area (Å²) in [6.07, 6.45) is 4.24. The molecule has 1 aromatic heterocycles. The molecule has 1 aliphatic rings. The normalized spacial score (nSPS) is 17.3. The Labute approximate surface area is 199 Å². The number of ketones is 2. The monoisotopic (exact) mass is 465 g/mol. The third kappa shape index (κ3) is 6.97. The highest BCUT2D eigenvalue weighted by molar-refractivity contribution is 6.37. The molecule has 8 nitrogen and oxygen atoms in total. The van der Waals surface area contributed by atoms with Crippen molar-refractivity contribution in [3.8, 4) is 0 Å². The zero-order chi connectivity index (χ0) is 24.5. The molecule has 1 aromatic carbocycles. The zero-order valence-electron chi connectivity index (χ0n) is 19.6. The van der Waals surface area contributed by atoms with Crippen LogP contribution in [0.1, 0.15) is 43.4 Å². The van der Waals surface area contributed by atoms with Crippen LogP contribution in [0.3, 0.4) is 0 Å². The first-order valence-corrected chi connectivity index (χ1v) is 11.6. The number of rotatable bonds is 7. The maximum atomic E-state index is 13.2. The van der Waals surface area contributed by atoms with E-state index in [2.05, 4.69) is 15.6 Å². The molecule has 0 spiro atoms. The minimum absolute atomic E-state index is 0.0811. The van der Waals surface area contributed by atoms with E-state index < -0.39 is 29.7 Å². The van der Waals surface area contributed by atoms with Crippen molar-refractivity contribution in [2.45, 2.75) is 52.2 Å². The van der Waals surface area contributed by atoms with E-state index in [1.54, 1.807) is 12.4 Å². The number of aromatic nitrogens is 1. The van der Waals surface area contributed by atoms with Gasteiger partial charge in [-0.25, -0.2) is 4.79 Å². The van der Waals surface area contributed by atoms with Gasteiger partial charge in [0, 0.05) is 31.3 Å². The molecule has 2 unspecified atom stereocenters. The Morgan fingerprint density at radius 2 is 1.91 bits per heavy atom. The molecule has 2 amide bonds. The quantitative estimate of drug-likeness (QED) is 0.608. The Bertz CT molecular complexity index is 1020. The lowest BCUT2D eigenvalue weighted by Crippen LogP contribution is -2.46. The van der Waals surface area contributed by atoms with Gasteiger partial charge in [-0.3, -0.25) is 19.4 Å². The summed E-state index contributed by atoms with van der Waals surface area (Å²) in [5.41, 5.74) is 2.75. The molecule has 0 bridgehead atoms. The summed E-state index contributed by atoms with van der Waals surface area (Å²) in [6, 6.07) is 10.2. The van der Waals surface area contributed by atoms with Crippen LogP contribution in [0.15, 0.2) is 48.8 Å². The van der Waals surface area contributed by atoms with E-state index in [1.807, 2.05) is 50.2 Å². The smallest absolute Gasteiger partial charge is 0.408 e. The maximum absolute atomic E-state index is 13.2. The maximum Gasteiger partial charge on any atom is 0.408 e. The van der Waals surface area contributed by atoms with Crippen molar-refractivity contribution in [2.24, 2.45) is 11.8 Å². The molecule has 2 aromatic rings. The van der Waals surface area contributed by atoms with Gasteiger partial charge in [-0.1, -0.05) is 44.2 Å². The first-order valence-electron chi connectivity index (χ1n) is 11.6. The van der Waals surface area contributed by atoms with Crippen LogP contribution in [0, 0.1) is 11.8 Å². The molecule has 180 valence electrons. The van der Waals surface area contributed by atoms with Gasteiger partial charge in [0.15, 0.2) is 5.78 Å². The number of pyridine rings is 1. The highest BCUT2D eigenvalue weighted by Gasteiger charge is 2.33. The lowest BCUT2D eigenvalue weighted by atomic mass is 9.84. The standard InChI is InChI=1S/C26H31N3O5/c1-17(2)23(29-26(33)34-16-18-7-4-3-5-8-18)22(30)14-21-13-19-10-12-27-15-20(19)9-6-11-28-25(32)24(21)31/h3-5,7-8,10,12,15,17,21,23H,6,9,11,13-14,16H2,1-2H3,(H,28,32)(H,29,33). The Morgan fingerprint density at radius 1 is 1.15 bits per heavy atom. The highest BCUT2D eigenvalue weighted by Crippen LogP contribution is 2.21. The van der Waals surface area contributed by atoms with E-state index in [1.165, 1.54) is 0 Å². The number of aryl methyl sites for hydroxylation is 1. The van der Waals surface area contributed by atoms with Crippen LogP contribution < -0.4 is 10.6 Å². The molecule has 8 heteroatoms. The van der Waals surface area contributed by atoms with Crippen molar-refractivity contribution in [1.29, 1.82) is 0 Å². The lowest BCUT2D eigenvalue weighted by molar-refractivity contribution is -0.141. The number of benzene rings is 1. The molecular weight excluding hydrogens is 434 g/mol. The van der Waals surface area contributed by atoms with Crippen LogP contribution in [0.25, 0.3) is 0 Å². The third-order valence-corrected chi connectivity index (χ3v) is 5.92. The molecule has 2 heterocycles. The van der Waals surface area contributed by atoms with E-state index in [-0.39, 0.29) is 31.1 Å². The van der Waals surface area contributed by atoms with E-state index in [0.29, 0.717) is 13.0 Å². The van der Waals surface area contributed by atoms with Gasteiger partial charge in [0.25, 0.3) is 5.91 Å². The number of Topliss-reactive ketones (excluding diaryl/α,β-unsaturated/α-hetero) is 2. The van der Waals surface area contributed by atoms with Gasteiger partial charge in [-0.15, -0.1) is 0 Å². The Balaban J connectivity index is 1.70. The fraction of sp³-hybridized carbons (Fsp3) is 0.423. The first kappa shape index (κ1) is 25.1. The van der Waals surface area contributed by atoms with Crippen LogP contribution in [-0.2, 0) is 38.6 Å². The summed E-state index contributed by atoms with van der Waals surface area (Å²) in [5, 5.41) is 5.28. The average molecular weight is 466 g/mol. The summed E-state index contributed by atoms with van der Waals surface area (Å²) in [6.45, 7) is 4.08. The van der Waals surface area contributed by atoms with Gasteiger partial charge in [-0.2, -0.15) is 0 Å². The largest absolute Gasteiger partial charge is 0.445 e.